The van der Waals surface area contributed by atoms with Gasteiger partial charge in [-0.15, -0.1) is 0 Å². The summed E-state index contributed by atoms with van der Waals surface area (Å²) in [5.41, 5.74) is 1.06. The predicted octanol–water partition coefficient (Wildman–Crippen LogP) is 3.48. The number of rotatable bonds is 4. The summed E-state index contributed by atoms with van der Waals surface area (Å²) < 4.78 is 26.5. The normalized spacial score (nSPS) is 14.0. The molecule has 4 aromatic rings. The Hall–Kier alpha value is -3.98. The number of morpholine rings is 1. The summed E-state index contributed by atoms with van der Waals surface area (Å²) in [5.74, 6) is -1.27. The number of carbonyl (C=O) groups excluding carboxylic acids is 2. The highest BCUT2D eigenvalue weighted by Crippen LogP contribution is 2.32. The third-order valence-corrected chi connectivity index (χ3v) is 5.25. The SMILES string of the molecule is O=C(Nc1c(C(=O)N2CCOCC2)oc2ccccc12)c1ccn(-c2ccccc2F)n1. The van der Waals surface area contributed by atoms with Gasteiger partial charge in [0.15, 0.2) is 5.69 Å². The molecule has 8 nitrogen and oxygen atoms in total. The Labute approximate surface area is 182 Å². The smallest absolute Gasteiger partial charge is 0.291 e. The number of amides is 2. The van der Waals surface area contributed by atoms with Crippen LogP contribution < -0.4 is 5.32 Å². The molecular weight excluding hydrogens is 415 g/mol. The number of nitrogens with zero attached hydrogens (tertiary/aromatic N) is 3. The maximum Gasteiger partial charge on any atom is 0.291 e. The van der Waals surface area contributed by atoms with Crippen molar-refractivity contribution in [3.05, 3.63) is 78.1 Å². The van der Waals surface area contributed by atoms with Crippen molar-refractivity contribution in [3.8, 4) is 5.69 Å². The average molecular weight is 434 g/mol. The first-order valence-corrected chi connectivity index (χ1v) is 10.1. The third-order valence-electron chi connectivity index (χ3n) is 5.25. The van der Waals surface area contributed by atoms with E-state index in [1.807, 2.05) is 0 Å². The van der Waals surface area contributed by atoms with Crippen molar-refractivity contribution in [2.24, 2.45) is 0 Å². The molecule has 1 fully saturated rings. The van der Waals surface area contributed by atoms with Crippen LogP contribution in [0.1, 0.15) is 21.0 Å². The molecule has 0 spiro atoms. The summed E-state index contributed by atoms with van der Waals surface area (Å²) in [7, 11) is 0. The molecule has 2 aromatic heterocycles. The molecule has 32 heavy (non-hydrogen) atoms. The quantitative estimate of drug-likeness (QED) is 0.531. The Kier molecular flexibility index (Phi) is 5.16. The van der Waals surface area contributed by atoms with E-state index < -0.39 is 11.7 Å². The van der Waals surface area contributed by atoms with Crippen LogP contribution in [0.15, 0.2) is 65.2 Å². The van der Waals surface area contributed by atoms with Gasteiger partial charge in [-0.25, -0.2) is 9.07 Å². The first kappa shape index (κ1) is 20.0. The van der Waals surface area contributed by atoms with Gasteiger partial charge < -0.3 is 19.4 Å². The number of ether oxygens (including phenoxy) is 1. The van der Waals surface area contributed by atoms with E-state index >= 15 is 0 Å². The molecule has 9 heteroatoms. The molecule has 162 valence electrons. The van der Waals surface area contributed by atoms with E-state index in [2.05, 4.69) is 10.4 Å². The molecule has 0 saturated carbocycles. The summed E-state index contributed by atoms with van der Waals surface area (Å²) in [4.78, 5) is 27.7. The van der Waals surface area contributed by atoms with Crippen molar-refractivity contribution in [1.29, 1.82) is 0 Å². The zero-order chi connectivity index (χ0) is 22.1. The highest BCUT2D eigenvalue weighted by molar-refractivity contribution is 6.13. The van der Waals surface area contributed by atoms with E-state index in [0.29, 0.717) is 37.3 Å². The van der Waals surface area contributed by atoms with Gasteiger partial charge in [0, 0.05) is 24.7 Å². The summed E-state index contributed by atoms with van der Waals surface area (Å²) in [5, 5.41) is 7.56. The molecular formula is C23H19FN4O4. The molecule has 0 aliphatic carbocycles. The van der Waals surface area contributed by atoms with E-state index in [1.165, 1.54) is 23.0 Å². The Morgan fingerprint density at radius 3 is 2.56 bits per heavy atom. The van der Waals surface area contributed by atoms with Crippen molar-refractivity contribution in [3.63, 3.8) is 0 Å². The lowest BCUT2D eigenvalue weighted by Crippen LogP contribution is -2.40. The van der Waals surface area contributed by atoms with Gasteiger partial charge in [-0.3, -0.25) is 9.59 Å². The van der Waals surface area contributed by atoms with Gasteiger partial charge in [0.05, 0.1) is 13.2 Å². The number of furan rings is 1. The standard InChI is InChI=1S/C23H19FN4O4/c24-16-6-2-3-7-18(16)28-10-9-17(26-28)22(29)25-20-15-5-1-4-8-19(15)32-21(20)23(30)27-11-13-31-14-12-27/h1-10H,11-14H2,(H,25,29). The number of hydrogen-bond acceptors (Lipinski definition) is 5. The molecule has 1 aliphatic heterocycles. The molecule has 0 atom stereocenters. The van der Waals surface area contributed by atoms with E-state index in [1.54, 1.807) is 47.4 Å². The van der Waals surface area contributed by atoms with Crippen molar-refractivity contribution in [2.45, 2.75) is 0 Å². The number of fused-ring (bicyclic) bond motifs is 1. The topological polar surface area (TPSA) is 89.6 Å². The maximum atomic E-state index is 14.1. The van der Waals surface area contributed by atoms with Crippen LogP contribution in [0.5, 0.6) is 0 Å². The second-order valence-corrected chi connectivity index (χ2v) is 7.26. The second-order valence-electron chi connectivity index (χ2n) is 7.26. The monoisotopic (exact) mass is 434 g/mol. The number of benzene rings is 2. The van der Waals surface area contributed by atoms with Crippen LogP contribution in [0.25, 0.3) is 16.7 Å². The van der Waals surface area contributed by atoms with Gasteiger partial charge in [0.1, 0.15) is 22.8 Å². The second kappa shape index (κ2) is 8.27. The first-order chi connectivity index (χ1) is 15.6. The fourth-order valence-electron chi connectivity index (χ4n) is 3.62. The van der Waals surface area contributed by atoms with E-state index in [0.717, 1.165) is 0 Å². The van der Waals surface area contributed by atoms with Crippen LogP contribution in [0.2, 0.25) is 0 Å². The van der Waals surface area contributed by atoms with Gasteiger partial charge in [-0.1, -0.05) is 24.3 Å². The van der Waals surface area contributed by atoms with Gasteiger partial charge in [0.25, 0.3) is 11.8 Å². The van der Waals surface area contributed by atoms with Crippen molar-refractivity contribution in [1.82, 2.24) is 14.7 Å². The van der Waals surface area contributed by atoms with Crippen molar-refractivity contribution >= 4 is 28.5 Å². The molecule has 2 amide bonds. The van der Waals surface area contributed by atoms with Crippen LogP contribution in [0.3, 0.4) is 0 Å². The number of para-hydroxylation sites is 2. The largest absolute Gasteiger partial charge is 0.449 e. The fraction of sp³-hybridized carbons (Fsp3) is 0.174. The summed E-state index contributed by atoms with van der Waals surface area (Å²) in [6.07, 6.45) is 1.50. The molecule has 1 aliphatic rings. The average Bonchev–Trinajstić information content (AvgIpc) is 3.45. The fourth-order valence-corrected chi connectivity index (χ4v) is 3.62. The number of halogens is 1. The molecule has 0 bridgehead atoms. The molecule has 0 unspecified atom stereocenters. The van der Waals surface area contributed by atoms with Gasteiger partial charge >= 0.3 is 0 Å². The number of hydrogen-bond donors (Lipinski definition) is 1. The minimum Gasteiger partial charge on any atom is -0.449 e. The van der Waals surface area contributed by atoms with Gasteiger partial charge in [-0.05, 0) is 30.3 Å². The number of carbonyl (C=O) groups is 2. The maximum absolute atomic E-state index is 14.1. The summed E-state index contributed by atoms with van der Waals surface area (Å²) in [6, 6.07) is 14.7. The predicted molar refractivity (Wildman–Crippen MR) is 114 cm³/mol. The summed E-state index contributed by atoms with van der Waals surface area (Å²) in [6.45, 7) is 1.77. The Morgan fingerprint density at radius 1 is 1.00 bits per heavy atom. The van der Waals surface area contributed by atoms with Gasteiger partial charge in [0.2, 0.25) is 5.76 Å². The lowest BCUT2D eigenvalue weighted by Gasteiger charge is -2.26. The third kappa shape index (κ3) is 3.63. The molecule has 1 N–H and O–H groups in total. The van der Waals surface area contributed by atoms with E-state index in [4.69, 9.17) is 9.15 Å². The Morgan fingerprint density at radius 2 is 1.75 bits per heavy atom. The molecule has 1 saturated heterocycles. The number of anilines is 1. The summed E-state index contributed by atoms with van der Waals surface area (Å²) >= 11 is 0. The van der Waals surface area contributed by atoms with Crippen LogP contribution in [0, 0.1) is 5.82 Å². The zero-order valence-electron chi connectivity index (χ0n) is 17.0. The molecule has 0 radical (unpaired) electrons. The minimum absolute atomic E-state index is 0.0509. The van der Waals surface area contributed by atoms with Crippen LogP contribution in [-0.2, 0) is 4.74 Å². The first-order valence-electron chi connectivity index (χ1n) is 10.1. The highest BCUT2D eigenvalue weighted by Gasteiger charge is 2.28. The highest BCUT2D eigenvalue weighted by atomic mass is 19.1. The van der Waals surface area contributed by atoms with E-state index in [9.17, 15) is 14.0 Å². The Bertz CT molecular complexity index is 1310. The molecule has 3 heterocycles. The van der Waals surface area contributed by atoms with Crippen molar-refractivity contribution < 1.29 is 23.1 Å². The lowest BCUT2D eigenvalue weighted by molar-refractivity contribution is 0.0285. The van der Waals surface area contributed by atoms with Crippen molar-refractivity contribution in [2.75, 3.05) is 31.6 Å². The van der Waals surface area contributed by atoms with E-state index in [-0.39, 0.29) is 28.7 Å². The minimum atomic E-state index is -0.539. The van der Waals surface area contributed by atoms with Gasteiger partial charge in [-0.2, -0.15) is 5.10 Å². The number of nitrogens with one attached hydrogen (secondary N) is 1. The van der Waals surface area contributed by atoms with Crippen LogP contribution >= 0.6 is 0 Å². The molecule has 5 rings (SSSR count). The molecule has 2 aromatic carbocycles. The zero-order valence-corrected chi connectivity index (χ0v) is 17.0. The number of aromatic nitrogens is 2. The van der Waals surface area contributed by atoms with Crippen LogP contribution in [0.4, 0.5) is 10.1 Å². The Balaban J connectivity index is 1.47. The lowest BCUT2D eigenvalue weighted by atomic mass is 10.2. The van der Waals surface area contributed by atoms with Crippen LogP contribution in [-0.4, -0.2) is 52.8 Å².